The van der Waals surface area contributed by atoms with Crippen molar-refractivity contribution in [3.05, 3.63) is 22.4 Å². The molecule has 0 radical (unpaired) electrons. The van der Waals surface area contributed by atoms with Gasteiger partial charge in [0.1, 0.15) is 0 Å². The molecule has 0 unspecified atom stereocenters. The maximum Gasteiger partial charge on any atom is 0.315 e. The zero-order chi connectivity index (χ0) is 14.4. The molecule has 1 saturated carbocycles. The van der Waals surface area contributed by atoms with Gasteiger partial charge in [0, 0.05) is 17.5 Å². The highest BCUT2D eigenvalue weighted by molar-refractivity contribution is 7.09. The second-order valence-electron chi connectivity index (χ2n) is 5.12. The minimum absolute atomic E-state index is 0.104. The maximum atomic E-state index is 11.7. The van der Waals surface area contributed by atoms with Gasteiger partial charge in [-0.15, -0.1) is 11.3 Å². The largest absolute Gasteiger partial charge is 0.481 e. The summed E-state index contributed by atoms with van der Waals surface area (Å²) < 4.78 is 0. The quantitative estimate of drug-likeness (QED) is 0.779. The third-order valence-corrected chi connectivity index (χ3v) is 4.58. The van der Waals surface area contributed by atoms with Gasteiger partial charge in [-0.3, -0.25) is 4.79 Å². The van der Waals surface area contributed by atoms with Crippen LogP contribution in [0.5, 0.6) is 0 Å². The van der Waals surface area contributed by atoms with Crippen LogP contribution < -0.4 is 10.6 Å². The van der Waals surface area contributed by atoms with Gasteiger partial charge < -0.3 is 15.7 Å². The summed E-state index contributed by atoms with van der Waals surface area (Å²) in [5, 5.41) is 16.7. The Morgan fingerprint density at radius 1 is 1.30 bits per heavy atom. The molecule has 2 rings (SSSR count). The topological polar surface area (TPSA) is 78.4 Å². The lowest BCUT2D eigenvalue weighted by atomic mass is 9.86. The molecule has 5 nitrogen and oxygen atoms in total. The van der Waals surface area contributed by atoms with E-state index in [1.807, 2.05) is 11.4 Å². The van der Waals surface area contributed by atoms with Crippen LogP contribution in [0.2, 0.25) is 0 Å². The Morgan fingerprint density at radius 2 is 2.05 bits per heavy atom. The molecule has 110 valence electrons. The third-order valence-electron chi connectivity index (χ3n) is 3.65. The first-order valence-electron chi connectivity index (χ1n) is 6.94. The highest BCUT2D eigenvalue weighted by atomic mass is 32.1. The number of carboxylic acid groups (broad SMARTS) is 1. The van der Waals surface area contributed by atoms with E-state index in [1.54, 1.807) is 11.3 Å². The summed E-state index contributed by atoms with van der Waals surface area (Å²) in [7, 11) is 0. The molecule has 0 bridgehead atoms. The van der Waals surface area contributed by atoms with E-state index in [-0.39, 0.29) is 18.0 Å². The maximum absolute atomic E-state index is 11.7. The van der Waals surface area contributed by atoms with E-state index < -0.39 is 5.97 Å². The van der Waals surface area contributed by atoms with Crippen molar-refractivity contribution in [2.24, 2.45) is 5.92 Å². The van der Waals surface area contributed by atoms with E-state index in [0.717, 1.165) is 19.3 Å². The van der Waals surface area contributed by atoms with Gasteiger partial charge in [0.25, 0.3) is 0 Å². The lowest BCUT2D eigenvalue weighted by Crippen LogP contribution is -2.44. The standard InChI is InChI=1S/C14H20N2O3S/c17-13(18)10-3-5-11(6-4-10)16-14(19)15-8-7-12-2-1-9-20-12/h1-2,9-11H,3-8H2,(H,17,18)(H2,15,16,19). The molecule has 0 spiro atoms. The van der Waals surface area contributed by atoms with Crippen LogP contribution in [0.4, 0.5) is 4.79 Å². The van der Waals surface area contributed by atoms with E-state index in [4.69, 9.17) is 5.11 Å². The molecule has 0 atom stereocenters. The third kappa shape index (κ3) is 4.52. The molecule has 1 aliphatic rings. The van der Waals surface area contributed by atoms with E-state index in [1.165, 1.54) is 4.88 Å². The van der Waals surface area contributed by atoms with Crippen LogP contribution in [0.3, 0.4) is 0 Å². The average Bonchev–Trinajstić information content (AvgIpc) is 2.92. The van der Waals surface area contributed by atoms with Crippen molar-refractivity contribution in [2.75, 3.05) is 6.54 Å². The molecule has 1 aromatic rings. The van der Waals surface area contributed by atoms with Crippen molar-refractivity contribution >= 4 is 23.3 Å². The van der Waals surface area contributed by atoms with Crippen LogP contribution in [0.1, 0.15) is 30.6 Å². The summed E-state index contributed by atoms with van der Waals surface area (Å²) in [6, 6.07) is 4.01. The van der Waals surface area contributed by atoms with Crippen LogP contribution in [0, 0.1) is 5.92 Å². The fourth-order valence-electron chi connectivity index (χ4n) is 2.48. The molecular formula is C14H20N2O3S. The first-order valence-corrected chi connectivity index (χ1v) is 7.82. The van der Waals surface area contributed by atoms with Crippen molar-refractivity contribution in [3.8, 4) is 0 Å². The molecular weight excluding hydrogens is 276 g/mol. The molecule has 6 heteroatoms. The van der Waals surface area contributed by atoms with Gasteiger partial charge in [-0.2, -0.15) is 0 Å². The number of rotatable bonds is 5. The summed E-state index contributed by atoms with van der Waals surface area (Å²) in [5.74, 6) is -0.959. The van der Waals surface area contributed by atoms with Crippen LogP contribution in [-0.4, -0.2) is 29.7 Å². The molecule has 1 fully saturated rings. The molecule has 1 aliphatic carbocycles. The fraction of sp³-hybridized carbons (Fsp3) is 0.571. The Hall–Kier alpha value is -1.56. The van der Waals surface area contributed by atoms with E-state index in [2.05, 4.69) is 16.7 Å². The lowest BCUT2D eigenvalue weighted by molar-refractivity contribution is -0.142. The Morgan fingerprint density at radius 3 is 2.65 bits per heavy atom. The number of carbonyl (C=O) groups is 2. The van der Waals surface area contributed by atoms with Crippen LogP contribution >= 0.6 is 11.3 Å². The number of nitrogens with one attached hydrogen (secondary N) is 2. The average molecular weight is 296 g/mol. The number of hydrogen-bond acceptors (Lipinski definition) is 3. The van der Waals surface area contributed by atoms with E-state index in [0.29, 0.717) is 19.4 Å². The molecule has 3 N–H and O–H groups in total. The van der Waals surface area contributed by atoms with Crippen molar-refractivity contribution in [3.63, 3.8) is 0 Å². The second kappa shape index (κ2) is 7.28. The molecule has 20 heavy (non-hydrogen) atoms. The summed E-state index contributed by atoms with van der Waals surface area (Å²) in [4.78, 5) is 23.8. The molecule has 0 saturated heterocycles. The number of hydrogen-bond donors (Lipinski definition) is 3. The van der Waals surface area contributed by atoms with Gasteiger partial charge in [0.15, 0.2) is 0 Å². The molecule has 1 heterocycles. The molecule has 2 amide bonds. The van der Waals surface area contributed by atoms with Crippen molar-refractivity contribution < 1.29 is 14.7 Å². The van der Waals surface area contributed by atoms with Gasteiger partial charge in [-0.05, 0) is 43.6 Å². The zero-order valence-corrected chi connectivity index (χ0v) is 12.1. The number of thiophene rings is 1. The first-order chi connectivity index (χ1) is 9.65. The number of aliphatic carboxylic acids is 1. The Labute approximate surface area is 122 Å². The van der Waals surface area contributed by atoms with Gasteiger partial charge in [-0.25, -0.2) is 4.79 Å². The van der Waals surface area contributed by atoms with Crippen molar-refractivity contribution in [1.82, 2.24) is 10.6 Å². The molecule has 1 aromatic heterocycles. The van der Waals surface area contributed by atoms with Gasteiger partial charge >= 0.3 is 12.0 Å². The van der Waals surface area contributed by atoms with Crippen LogP contribution in [0.15, 0.2) is 17.5 Å². The number of amides is 2. The Balaban J connectivity index is 1.61. The number of urea groups is 1. The number of carboxylic acids is 1. The Kier molecular flexibility index (Phi) is 5.40. The highest BCUT2D eigenvalue weighted by Crippen LogP contribution is 2.24. The minimum atomic E-state index is -0.719. The van der Waals surface area contributed by atoms with Gasteiger partial charge in [0.2, 0.25) is 0 Å². The van der Waals surface area contributed by atoms with Crippen molar-refractivity contribution in [2.45, 2.75) is 38.1 Å². The fourth-order valence-corrected chi connectivity index (χ4v) is 3.18. The monoisotopic (exact) mass is 296 g/mol. The predicted molar refractivity (Wildman–Crippen MR) is 77.9 cm³/mol. The van der Waals surface area contributed by atoms with Gasteiger partial charge in [-0.1, -0.05) is 6.07 Å². The highest BCUT2D eigenvalue weighted by Gasteiger charge is 2.26. The van der Waals surface area contributed by atoms with Crippen LogP contribution in [0.25, 0.3) is 0 Å². The molecule has 0 aromatic carbocycles. The van der Waals surface area contributed by atoms with Crippen molar-refractivity contribution in [1.29, 1.82) is 0 Å². The summed E-state index contributed by atoms with van der Waals surface area (Å²) in [6.45, 7) is 0.622. The Bertz CT molecular complexity index is 439. The van der Waals surface area contributed by atoms with Gasteiger partial charge in [0.05, 0.1) is 5.92 Å². The number of carbonyl (C=O) groups excluding carboxylic acids is 1. The summed E-state index contributed by atoms with van der Waals surface area (Å²) in [6.07, 6.45) is 3.63. The SMILES string of the molecule is O=C(NCCc1cccs1)NC1CCC(C(=O)O)CC1. The first kappa shape index (κ1) is 14.8. The summed E-state index contributed by atoms with van der Waals surface area (Å²) >= 11 is 1.69. The van der Waals surface area contributed by atoms with E-state index >= 15 is 0 Å². The lowest BCUT2D eigenvalue weighted by Gasteiger charge is -2.26. The zero-order valence-electron chi connectivity index (χ0n) is 11.3. The minimum Gasteiger partial charge on any atom is -0.481 e. The van der Waals surface area contributed by atoms with Crippen LogP contribution in [-0.2, 0) is 11.2 Å². The molecule has 0 aliphatic heterocycles. The smallest absolute Gasteiger partial charge is 0.315 e. The normalized spacial score (nSPS) is 22.2. The van der Waals surface area contributed by atoms with E-state index in [9.17, 15) is 9.59 Å². The second-order valence-corrected chi connectivity index (χ2v) is 6.15. The summed E-state index contributed by atoms with van der Waals surface area (Å²) in [5.41, 5.74) is 0. The predicted octanol–water partition coefficient (Wildman–Crippen LogP) is 2.23.